The molecule has 0 atom stereocenters. The first-order valence-corrected chi connectivity index (χ1v) is 8.49. The topological polar surface area (TPSA) is 72.5 Å². The van der Waals surface area contributed by atoms with Crippen LogP contribution in [0.1, 0.15) is 10.4 Å². The van der Waals surface area contributed by atoms with Crippen molar-refractivity contribution in [1.29, 1.82) is 0 Å². The second-order valence-corrected chi connectivity index (χ2v) is 6.00. The molecule has 0 aliphatic rings. The molecule has 0 saturated carbocycles. The first-order chi connectivity index (χ1) is 13.1. The lowest BCUT2D eigenvalue weighted by Gasteiger charge is -2.10. The Morgan fingerprint density at radius 2 is 1.85 bits per heavy atom. The molecule has 1 aromatic heterocycles. The normalized spacial score (nSPS) is 10.2. The van der Waals surface area contributed by atoms with E-state index in [0.717, 1.165) is 5.69 Å². The van der Waals surface area contributed by atoms with Crippen molar-refractivity contribution in [3.05, 3.63) is 71.4 Å². The van der Waals surface area contributed by atoms with Gasteiger partial charge in [0.1, 0.15) is 17.3 Å². The van der Waals surface area contributed by atoms with E-state index in [1.807, 2.05) is 12.1 Å². The fraction of sp³-hybridized carbons (Fsp3) is 0.100. The van der Waals surface area contributed by atoms with E-state index in [9.17, 15) is 4.79 Å². The van der Waals surface area contributed by atoms with E-state index in [4.69, 9.17) is 21.1 Å². The molecule has 0 radical (unpaired) electrons. The second kappa shape index (κ2) is 8.42. The molecule has 0 fully saturated rings. The molecule has 6 nitrogen and oxygen atoms in total. The Morgan fingerprint density at radius 1 is 1.00 bits per heavy atom. The van der Waals surface area contributed by atoms with Crippen LogP contribution in [0, 0.1) is 0 Å². The van der Waals surface area contributed by atoms with Crippen LogP contribution in [0.2, 0.25) is 5.02 Å². The highest BCUT2D eigenvalue weighted by molar-refractivity contribution is 6.32. The van der Waals surface area contributed by atoms with Gasteiger partial charge in [-0.2, -0.15) is 0 Å². The van der Waals surface area contributed by atoms with Crippen molar-refractivity contribution >= 4 is 34.7 Å². The molecule has 1 heterocycles. The summed E-state index contributed by atoms with van der Waals surface area (Å²) >= 11 is 6.13. The Kier molecular flexibility index (Phi) is 5.78. The summed E-state index contributed by atoms with van der Waals surface area (Å²) in [4.78, 5) is 16.7. The maximum absolute atomic E-state index is 12.5. The molecule has 0 saturated heterocycles. The number of anilines is 3. The van der Waals surface area contributed by atoms with E-state index in [2.05, 4.69) is 15.6 Å². The van der Waals surface area contributed by atoms with Crippen molar-refractivity contribution < 1.29 is 14.3 Å². The van der Waals surface area contributed by atoms with Crippen molar-refractivity contribution in [1.82, 2.24) is 4.98 Å². The van der Waals surface area contributed by atoms with Crippen molar-refractivity contribution in [2.45, 2.75) is 0 Å². The first-order valence-electron chi connectivity index (χ1n) is 8.11. The fourth-order valence-corrected chi connectivity index (χ4v) is 2.69. The van der Waals surface area contributed by atoms with Crippen LogP contribution in [-0.4, -0.2) is 25.1 Å². The van der Waals surface area contributed by atoms with E-state index in [0.29, 0.717) is 33.6 Å². The third-order valence-corrected chi connectivity index (χ3v) is 4.07. The Morgan fingerprint density at radius 3 is 2.59 bits per heavy atom. The third kappa shape index (κ3) is 4.68. The van der Waals surface area contributed by atoms with Crippen LogP contribution in [0.3, 0.4) is 0 Å². The minimum Gasteiger partial charge on any atom is -0.497 e. The third-order valence-electron chi connectivity index (χ3n) is 3.77. The molecule has 0 bridgehead atoms. The van der Waals surface area contributed by atoms with E-state index in [1.54, 1.807) is 62.9 Å². The van der Waals surface area contributed by atoms with Gasteiger partial charge >= 0.3 is 0 Å². The van der Waals surface area contributed by atoms with Crippen LogP contribution in [0.5, 0.6) is 11.5 Å². The number of carbonyl (C=O) groups is 1. The van der Waals surface area contributed by atoms with E-state index >= 15 is 0 Å². The molecular weight excluding hydrogens is 366 g/mol. The molecule has 7 heteroatoms. The van der Waals surface area contributed by atoms with Crippen molar-refractivity contribution in [3.63, 3.8) is 0 Å². The Hall–Kier alpha value is -3.25. The molecule has 0 aliphatic carbocycles. The van der Waals surface area contributed by atoms with Crippen LogP contribution in [0.4, 0.5) is 17.2 Å². The quantitative estimate of drug-likeness (QED) is 0.642. The monoisotopic (exact) mass is 383 g/mol. The number of amides is 1. The SMILES string of the molecule is COc1cccc(NC(=O)c2ccnc(Nc3ccc(OC)c(Cl)c3)c2)c1. The predicted octanol–water partition coefficient (Wildman–Crippen LogP) is 4.75. The van der Waals surface area contributed by atoms with Gasteiger partial charge in [-0.3, -0.25) is 4.79 Å². The molecule has 2 N–H and O–H groups in total. The molecule has 3 rings (SSSR count). The van der Waals surface area contributed by atoms with E-state index < -0.39 is 0 Å². The first kappa shape index (κ1) is 18.5. The zero-order valence-corrected chi connectivity index (χ0v) is 15.6. The lowest BCUT2D eigenvalue weighted by atomic mass is 10.2. The van der Waals surface area contributed by atoms with Gasteiger partial charge in [0.15, 0.2) is 0 Å². The van der Waals surface area contributed by atoms with Gasteiger partial charge < -0.3 is 20.1 Å². The molecule has 27 heavy (non-hydrogen) atoms. The zero-order chi connectivity index (χ0) is 19.2. The van der Waals surface area contributed by atoms with Crippen LogP contribution >= 0.6 is 11.6 Å². The van der Waals surface area contributed by atoms with Crippen LogP contribution in [-0.2, 0) is 0 Å². The highest BCUT2D eigenvalue weighted by Gasteiger charge is 2.09. The smallest absolute Gasteiger partial charge is 0.255 e. The standard InChI is InChI=1S/C20H18ClN3O3/c1-26-16-5-3-4-14(11-16)24-20(25)13-8-9-22-19(10-13)23-15-6-7-18(27-2)17(21)12-15/h3-12H,1-2H3,(H,22,23)(H,24,25). The Bertz CT molecular complexity index is 963. The summed E-state index contributed by atoms with van der Waals surface area (Å²) < 4.78 is 10.3. The number of hydrogen-bond acceptors (Lipinski definition) is 5. The summed E-state index contributed by atoms with van der Waals surface area (Å²) in [5, 5.41) is 6.44. The minimum absolute atomic E-state index is 0.249. The number of hydrogen-bond donors (Lipinski definition) is 2. The summed E-state index contributed by atoms with van der Waals surface area (Å²) in [6.07, 6.45) is 1.56. The maximum atomic E-state index is 12.5. The lowest BCUT2D eigenvalue weighted by Crippen LogP contribution is -2.12. The molecule has 1 amide bonds. The number of nitrogens with one attached hydrogen (secondary N) is 2. The number of nitrogens with zero attached hydrogens (tertiary/aromatic N) is 1. The van der Waals surface area contributed by atoms with Gasteiger partial charge in [0.05, 0.1) is 19.2 Å². The molecule has 0 unspecified atom stereocenters. The average molecular weight is 384 g/mol. The lowest BCUT2D eigenvalue weighted by molar-refractivity contribution is 0.102. The number of methoxy groups -OCH3 is 2. The second-order valence-electron chi connectivity index (χ2n) is 5.59. The Labute approximate surface area is 162 Å². The molecule has 0 aliphatic heterocycles. The zero-order valence-electron chi connectivity index (χ0n) is 14.8. The number of ether oxygens (including phenoxy) is 2. The highest BCUT2D eigenvalue weighted by atomic mass is 35.5. The summed E-state index contributed by atoms with van der Waals surface area (Å²) in [5.74, 6) is 1.53. The predicted molar refractivity (Wildman–Crippen MR) is 106 cm³/mol. The molecule has 0 spiro atoms. The highest BCUT2D eigenvalue weighted by Crippen LogP contribution is 2.28. The fourth-order valence-electron chi connectivity index (χ4n) is 2.44. The summed E-state index contributed by atoms with van der Waals surface area (Å²) in [6.45, 7) is 0. The number of halogens is 1. The van der Waals surface area contributed by atoms with Crippen molar-refractivity contribution in [2.75, 3.05) is 24.9 Å². The number of aromatic nitrogens is 1. The van der Waals surface area contributed by atoms with Gasteiger partial charge in [-0.1, -0.05) is 17.7 Å². The van der Waals surface area contributed by atoms with Gasteiger partial charge in [0, 0.05) is 29.2 Å². The van der Waals surface area contributed by atoms with Crippen molar-refractivity contribution in [3.8, 4) is 11.5 Å². The van der Waals surface area contributed by atoms with Crippen molar-refractivity contribution in [2.24, 2.45) is 0 Å². The Balaban J connectivity index is 1.74. The summed E-state index contributed by atoms with van der Waals surface area (Å²) in [5.41, 5.74) is 1.85. The van der Waals surface area contributed by atoms with Crippen LogP contribution in [0.15, 0.2) is 60.8 Å². The average Bonchev–Trinajstić information content (AvgIpc) is 2.68. The van der Waals surface area contributed by atoms with Gasteiger partial charge in [0.2, 0.25) is 0 Å². The number of pyridine rings is 1. The van der Waals surface area contributed by atoms with E-state index in [1.165, 1.54) is 0 Å². The largest absolute Gasteiger partial charge is 0.497 e. The number of rotatable bonds is 6. The van der Waals surface area contributed by atoms with Gasteiger partial charge in [0.25, 0.3) is 5.91 Å². The van der Waals surface area contributed by atoms with Gasteiger partial charge in [-0.05, 0) is 42.5 Å². The number of benzene rings is 2. The van der Waals surface area contributed by atoms with Gasteiger partial charge in [-0.15, -0.1) is 0 Å². The molecule has 138 valence electrons. The minimum atomic E-state index is -0.249. The molecule has 2 aromatic carbocycles. The maximum Gasteiger partial charge on any atom is 0.255 e. The van der Waals surface area contributed by atoms with Crippen LogP contribution < -0.4 is 20.1 Å². The summed E-state index contributed by atoms with van der Waals surface area (Å²) in [6, 6.07) is 15.8. The van der Waals surface area contributed by atoms with E-state index in [-0.39, 0.29) is 5.91 Å². The summed E-state index contributed by atoms with van der Waals surface area (Å²) in [7, 11) is 3.13. The van der Waals surface area contributed by atoms with Crippen LogP contribution in [0.25, 0.3) is 0 Å². The van der Waals surface area contributed by atoms with Gasteiger partial charge in [-0.25, -0.2) is 4.98 Å². The molecular formula is C20H18ClN3O3. The number of carbonyl (C=O) groups excluding carboxylic acids is 1. The molecule has 3 aromatic rings.